The van der Waals surface area contributed by atoms with Gasteiger partial charge >= 0.3 is 0 Å². The lowest BCUT2D eigenvalue weighted by atomic mass is 9.65. The molecular weight excluding hydrogens is 546 g/mol. The SMILES string of the molecule is CCOc1ccc(NC(=O)[C@H]2[C@H]3C(=O)N(CCCCCCO)C(C(=O)Nc4c(C)cccc4C)C34CC[C@]2(CC)O4)cc1. The molecule has 3 heterocycles. The zero-order chi connectivity index (χ0) is 30.8. The second-order valence-electron chi connectivity index (χ2n) is 12.2. The molecular formula is C34H45N3O6. The van der Waals surface area contributed by atoms with Gasteiger partial charge in [0.1, 0.15) is 17.4 Å². The van der Waals surface area contributed by atoms with Crippen LogP contribution in [0.1, 0.15) is 69.9 Å². The van der Waals surface area contributed by atoms with Crippen molar-refractivity contribution in [3.8, 4) is 5.75 Å². The summed E-state index contributed by atoms with van der Waals surface area (Å²) >= 11 is 0. The van der Waals surface area contributed by atoms with Gasteiger partial charge in [0.25, 0.3) is 0 Å². The van der Waals surface area contributed by atoms with E-state index in [1.54, 1.807) is 29.2 Å². The van der Waals surface area contributed by atoms with E-state index in [2.05, 4.69) is 10.6 Å². The first-order chi connectivity index (χ1) is 20.7. The third-order valence-corrected chi connectivity index (χ3v) is 9.68. The maximum Gasteiger partial charge on any atom is 0.250 e. The van der Waals surface area contributed by atoms with E-state index in [-0.39, 0.29) is 24.3 Å². The highest BCUT2D eigenvalue weighted by Crippen LogP contribution is 2.64. The number of para-hydroxylation sites is 1. The standard InChI is InChI=1S/C34H45N3O6/c1-5-33-18-19-34(43-33)27(26(33)30(39)35-24-14-16-25(17-15-24)42-6-2)32(41)37(20-9-7-8-10-21-38)29(34)31(40)36-28-22(3)12-11-13-23(28)4/h11-17,26-27,29,38H,5-10,18-21H2,1-4H3,(H,35,39)(H,36,40)/t26-,27+,29?,33+,34?/m1/s1. The van der Waals surface area contributed by atoms with E-state index in [1.807, 2.05) is 45.9 Å². The van der Waals surface area contributed by atoms with Gasteiger partial charge in [-0.2, -0.15) is 0 Å². The fraction of sp³-hybridized carbons (Fsp3) is 0.559. The summed E-state index contributed by atoms with van der Waals surface area (Å²) in [7, 11) is 0. The fourth-order valence-corrected chi connectivity index (χ4v) is 7.63. The van der Waals surface area contributed by atoms with Crippen LogP contribution in [0.3, 0.4) is 0 Å². The highest BCUT2D eigenvalue weighted by Gasteiger charge is 2.78. The van der Waals surface area contributed by atoms with E-state index >= 15 is 0 Å². The van der Waals surface area contributed by atoms with Gasteiger partial charge in [-0.3, -0.25) is 14.4 Å². The molecule has 2 aromatic carbocycles. The van der Waals surface area contributed by atoms with Crippen molar-refractivity contribution in [1.29, 1.82) is 0 Å². The van der Waals surface area contributed by atoms with Gasteiger partial charge in [0, 0.05) is 24.5 Å². The predicted molar refractivity (Wildman–Crippen MR) is 165 cm³/mol. The van der Waals surface area contributed by atoms with Crippen LogP contribution in [-0.2, 0) is 19.1 Å². The summed E-state index contributed by atoms with van der Waals surface area (Å²) in [4.78, 5) is 44.3. The van der Waals surface area contributed by atoms with Gasteiger partial charge in [0.05, 0.1) is 24.0 Å². The minimum atomic E-state index is -1.08. The Labute approximate surface area is 254 Å². The summed E-state index contributed by atoms with van der Waals surface area (Å²) in [6.07, 6.45) is 4.77. The number of anilines is 2. The number of carbonyl (C=O) groups excluding carboxylic acids is 3. The maximum absolute atomic E-state index is 14.4. The largest absolute Gasteiger partial charge is 0.494 e. The van der Waals surface area contributed by atoms with Crippen LogP contribution >= 0.6 is 0 Å². The van der Waals surface area contributed by atoms with Gasteiger partial charge in [0.15, 0.2) is 0 Å². The quantitative estimate of drug-likeness (QED) is 0.283. The van der Waals surface area contributed by atoms with Crippen LogP contribution in [0.5, 0.6) is 5.75 Å². The van der Waals surface area contributed by atoms with E-state index in [0.717, 1.165) is 29.7 Å². The lowest BCUT2D eigenvalue weighted by Crippen LogP contribution is -2.53. The number of likely N-dealkylation sites (tertiary alicyclic amines) is 1. The van der Waals surface area contributed by atoms with Gasteiger partial charge in [-0.05, 0) is 88.3 Å². The average molecular weight is 592 g/mol. The third-order valence-electron chi connectivity index (χ3n) is 9.68. The lowest BCUT2D eigenvalue weighted by Gasteiger charge is -2.34. The molecule has 9 heteroatoms. The number of unbranched alkanes of at least 4 members (excludes halogenated alkanes) is 3. The molecule has 3 amide bonds. The Morgan fingerprint density at radius 3 is 2.33 bits per heavy atom. The molecule has 3 fully saturated rings. The number of carbonyl (C=O) groups is 3. The molecule has 3 aliphatic rings. The number of fused-ring (bicyclic) bond motifs is 1. The molecule has 232 valence electrons. The summed E-state index contributed by atoms with van der Waals surface area (Å²) in [5.74, 6) is -1.49. The number of nitrogens with zero attached hydrogens (tertiary/aromatic N) is 1. The molecule has 3 aliphatic heterocycles. The van der Waals surface area contributed by atoms with Gasteiger partial charge in [-0.1, -0.05) is 38.0 Å². The Morgan fingerprint density at radius 2 is 1.67 bits per heavy atom. The minimum Gasteiger partial charge on any atom is -0.494 e. The number of benzene rings is 2. The van der Waals surface area contributed by atoms with Crippen molar-refractivity contribution in [2.24, 2.45) is 11.8 Å². The second-order valence-corrected chi connectivity index (χ2v) is 12.2. The van der Waals surface area contributed by atoms with Gasteiger partial charge < -0.3 is 30.1 Å². The first-order valence-corrected chi connectivity index (χ1v) is 15.7. The van der Waals surface area contributed by atoms with E-state index in [9.17, 15) is 19.5 Å². The lowest BCUT2D eigenvalue weighted by molar-refractivity contribution is -0.144. The predicted octanol–water partition coefficient (Wildman–Crippen LogP) is 4.99. The molecule has 5 atom stereocenters. The summed E-state index contributed by atoms with van der Waals surface area (Å²) in [6, 6.07) is 12.2. The molecule has 0 aliphatic carbocycles. The van der Waals surface area contributed by atoms with Crippen molar-refractivity contribution >= 4 is 29.1 Å². The van der Waals surface area contributed by atoms with Crippen LogP contribution in [-0.4, -0.2) is 64.7 Å². The Bertz CT molecular complexity index is 1330. The summed E-state index contributed by atoms with van der Waals surface area (Å²) in [6.45, 7) is 8.88. The van der Waals surface area contributed by atoms with Crippen LogP contribution in [0.4, 0.5) is 11.4 Å². The third kappa shape index (κ3) is 5.53. The highest BCUT2D eigenvalue weighted by molar-refractivity contribution is 6.05. The first-order valence-electron chi connectivity index (χ1n) is 15.7. The summed E-state index contributed by atoms with van der Waals surface area (Å²) < 4.78 is 12.4. The van der Waals surface area contributed by atoms with Crippen LogP contribution in [0.25, 0.3) is 0 Å². The molecule has 0 radical (unpaired) electrons. The minimum absolute atomic E-state index is 0.132. The topological polar surface area (TPSA) is 117 Å². The number of rotatable bonds is 13. The fourth-order valence-electron chi connectivity index (χ4n) is 7.63. The van der Waals surface area contributed by atoms with E-state index in [1.165, 1.54) is 0 Å². The molecule has 9 nitrogen and oxygen atoms in total. The van der Waals surface area contributed by atoms with Crippen LogP contribution in [0, 0.1) is 25.7 Å². The van der Waals surface area contributed by atoms with Crippen molar-refractivity contribution in [3.05, 3.63) is 53.6 Å². The molecule has 3 N–H and O–H groups in total. The molecule has 2 aromatic rings. The number of amides is 3. The van der Waals surface area contributed by atoms with Crippen molar-refractivity contribution in [1.82, 2.24) is 4.90 Å². The van der Waals surface area contributed by atoms with E-state index in [0.29, 0.717) is 56.7 Å². The Kier molecular flexibility index (Phi) is 9.13. The number of nitrogens with one attached hydrogen (secondary N) is 2. The van der Waals surface area contributed by atoms with Crippen molar-refractivity contribution in [3.63, 3.8) is 0 Å². The molecule has 5 rings (SSSR count). The average Bonchev–Trinajstić information content (AvgIpc) is 3.59. The number of hydrogen-bond donors (Lipinski definition) is 3. The first kappa shape index (κ1) is 31.0. The number of aryl methyl sites for hydroxylation is 2. The van der Waals surface area contributed by atoms with Crippen LogP contribution < -0.4 is 15.4 Å². The normalized spacial score (nSPS) is 27.3. The smallest absolute Gasteiger partial charge is 0.250 e. The molecule has 0 saturated carbocycles. The number of aliphatic hydroxyl groups is 1. The molecule has 43 heavy (non-hydrogen) atoms. The van der Waals surface area contributed by atoms with Gasteiger partial charge in [-0.15, -0.1) is 0 Å². The van der Waals surface area contributed by atoms with E-state index in [4.69, 9.17) is 9.47 Å². The molecule has 2 unspecified atom stereocenters. The Balaban J connectivity index is 1.47. The zero-order valence-electron chi connectivity index (χ0n) is 25.8. The summed E-state index contributed by atoms with van der Waals surface area (Å²) in [5.41, 5.74) is 1.34. The van der Waals surface area contributed by atoms with Crippen molar-refractivity contribution in [2.75, 3.05) is 30.4 Å². The van der Waals surface area contributed by atoms with Crippen LogP contribution in [0.2, 0.25) is 0 Å². The van der Waals surface area contributed by atoms with Gasteiger partial charge in [0.2, 0.25) is 17.7 Å². The molecule has 0 aromatic heterocycles. The molecule has 1 spiro atoms. The zero-order valence-corrected chi connectivity index (χ0v) is 25.8. The molecule has 2 bridgehead atoms. The highest BCUT2D eigenvalue weighted by atomic mass is 16.5. The second kappa shape index (κ2) is 12.7. The molecule has 3 saturated heterocycles. The van der Waals surface area contributed by atoms with Gasteiger partial charge in [-0.25, -0.2) is 0 Å². The summed E-state index contributed by atoms with van der Waals surface area (Å²) in [5, 5.41) is 15.4. The number of aliphatic hydroxyl groups excluding tert-OH is 1. The Morgan fingerprint density at radius 1 is 0.977 bits per heavy atom. The van der Waals surface area contributed by atoms with Crippen molar-refractivity contribution in [2.45, 2.75) is 89.9 Å². The number of ether oxygens (including phenoxy) is 2. The van der Waals surface area contributed by atoms with Crippen LogP contribution in [0.15, 0.2) is 42.5 Å². The van der Waals surface area contributed by atoms with E-state index < -0.39 is 29.1 Å². The maximum atomic E-state index is 14.4. The number of hydrogen-bond acceptors (Lipinski definition) is 6. The monoisotopic (exact) mass is 591 g/mol. The Hall–Kier alpha value is -3.43. The van der Waals surface area contributed by atoms with Crippen molar-refractivity contribution < 1.29 is 29.0 Å².